The highest BCUT2D eigenvalue weighted by atomic mass is 15.0. The molecule has 0 amide bonds. The molecule has 0 N–H and O–H groups in total. The molecule has 2 aromatic heterocycles. The van der Waals surface area contributed by atoms with Gasteiger partial charge in [0.25, 0.3) is 0 Å². The molecule has 57 heavy (non-hydrogen) atoms. The summed E-state index contributed by atoms with van der Waals surface area (Å²) in [5.41, 5.74) is 5.70. The van der Waals surface area contributed by atoms with E-state index in [9.17, 15) is 1.37 Å². The third-order valence-corrected chi connectivity index (χ3v) is 11.2. The van der Waals surface area contributed by atoms with Crippen LogP contribution in [0.3, 0.4) is 0 Å². The van der Waals surface area contributed by atoms with Gasteiger partial charge in [0, 0.05) is 49.6 Å². The zero-order valence-corrected chi connectivity index (χ0v) is 30.4. The fourth-order valence-electron chi connectivity index (χ4n) is 8.66. The summed E-state index contributed by atoms with van der Waals surface area (Å²) in [6.45, 7) is 0. The molecule has 2 heterocycles. The van der Waals surface area contributed by atoms with Gasteiger partial charge in [-0.3, -0.25) is 0 Å². The summed E-state index contributed by atoms with van der Waals surface area (Å²) < 4.78 is 85.6. The van der Waals surface area contributed by atoms with Crippen molar-refractivity contribution in [3.8, 4) is 17.1 Å². The van der Waals surface area contributed by atoms with Crippen molar-refractivity contribution in [3.05, 3.63) is 212 Å². The van der Waals surface area contributed by atoms with Gasteiger partial charge in [-0.25, -0.2) is 0 Å². The van der Waals surface area contributed by atoms with E-state index in [-0.39, 0.29) is 41.9 Å². The summed E-state index contributed by atoms with van der Waals surface area (Å²) >= 11 is 0. The van der Waals surface area contributed by atoms with Crippen LogP contribution in [0.2, 0.25) is 0 Å². The van der Waals surface area contributed by atoms with Gasteiger partial charge < -0.3 is 13.7 Å². The van der Waals surface area contributed by atoms with Crippen LogP contribution in [0.1, 0.15) is 12.3 Å². The van der Waals surface area contributed by atoms with Crippen molar-refractivity contribution in [1.82, 2.24) is 13.7 Å². The lowest BCUT2D eigenvalue weighted by atomic mass is 10.0. The van der Waals surface area contributed by atoms with Crippen LogP contribution in [-0.2, 0) is 0 Å². The average Bonchev–Trinajstić information content (AvgIpc) is 3.69. The predicted molar refractivity (Wildman–Crippen MR) is 242 cm³/mol. The Morgan fingerprint density at radius 3 is 1.60 bits per heavy atom. The number of benzene rings is 10. The van der Waals surface area contributed by atoms with Crippen molar-refractivity contribution in [2.75, 3.05) is 0 Å². The summed E-state index contributed by atoms with van der Waals surface area (Å²) in [7, 11) is 0. The zero-order chi connectivity index (χ0) is 45.3. The predicted octanol–water partition coefficient (Wildman–Crippen LogP) is 14.4. The van der Waals surface area contributed by atoms with Crippen LogP contribution in [-0.4, -0.2) is 13.7 Å². The fraction of sp³-hybridized carbons (Fsp3) is 0. The second-order valence-corrected chi connectivity index (χ2v) is 14.4. The van der Waals surface area contributed by atoms with E-state index in [4.69, 9.17) is 11.0 Å². The lowest BCUT2D eigenvalue weighted by Crippen LogP contribution is -1.99. The van der Waals surface area contributed by atoms with Crippen molar-refractivity contribution in [2.24, 2.45) is 0 Å². The maximum Gasteiger partial charge on any atom is 0.0645 e. The minimum absolute atomic E-state index is 0.0507. The molecule has 3 heteroatoms. The fourth-order valence-corrected chi connectivity index (χ4v) is 8.66. The molecule has 10 aromatic carbocycles. The normalized spacial score (nSPS) is 14.1. The van der Waals surface area contributed by atoms with Crippen LogP contribution in [0, 0.1) is 0 Å². The molecule has 0 atom stereocenters. The first-order valence-corrected chi connectivity index (χ1v) is 18.9. The van der Waals surface area contributed by atoms with Gasteiger partial charge in [-0.05, 0) is 123 Å². The lowest BCUT2D eigenvalue weighted by Gasteiger charge is -2.16. The molecule has 8 bridgehead atoms. The quantitative estimate of drug-likeness (QED) is 0.161. The van der Waals surface area contributed by atoms with E-state index in [2.05, 4.69) is 53.1 Å². The van der Waals surface area contributed by atoms with Gasteiger partial charge in [0.15, 0.2) is 0 Å². The van der Waals surface area contributed by atoms with Crippen LogP contribution in [0.4, 0.5) is 0 Å². The molecule has 0 radical (unpaired) electrons. The Hall–Kier alpha value is -7.62. The monoisotopic (exact) mass is 734 g/mol. The van der Waals surface area contributed by atoms with E-state index in [0.29, 0.717) is 27.3 Å². The molecular formula is C54H35N3. The van der Waals surface area contributed by atoms with E-state index in [1.54, 1.807) is 4.57 Å². The Morgan fingerprint density at radius 2 is 0.860 bits per heavy atom. The molecule has 0 aliphatic carbocycles. The molecular weight excluding hydrogens is 691 g/mol. The van der Waals surface area contributed by atoms with Crippen LogP contribution < -0.4 is 0 Å². The Kier molecular flexibility index (Phi) is 5.25. The number of hydrogen-bond donors (Lipinski definition) is 0. The van der Waals surface area contributed by atoms with Crippen LogP contribution in [0.25, 0.3) is 104 Å². The molecule has 0 fully saturated rings. The smallest absolute Gasteiger partial charge is 0.0645 e. The second kappa shape index (κ2) is 12.5. The van der Waals surface area contributed by atoms with Crippen molar-refractivity contribution >= 4 is 87.0 Å². The Labute approximate surface area is 341 Å². The standard InChI is InChI=1S/C54H35N3/c1-2-15-41(16-3-1)55-42-17-8-13-39(31-42)40-14-9-18-43(32-40)56(45-28-26-38-24-23-37-25-27-44(55)33-50(37)51(38)34-45)46-29-30-49-48-20-6-7-21-53(48)57(54(49)35-46)52-22-10-12-36-11-4-5-19-47(36)52/h1-35H/i1D,2D,3D,6D,7D,15D,16D,20D,21D. The lowest BCUT2D eigenvalue weighted by molar-refractivity contribution is 1.15. The van der Waals surface area contributed by atoms with Gasteiger partial charge in [0.05, 0.1) is 29.1 Å². The third-order valence-electron chi connectivity index (χ3n) is 11.2. The largest absolute Gasteiger partial charge is 0.310 e. The first kappa shape index (κ1) is 24.0. The maximum atomic E-state index is 9.27. The molecule has 0 saturated heterocycles. The van der Waals surface area contributed by atoms with Crippen molar-refractivity contribution in [3.63, 3.8) is 0 Å². The van der Waals surface area contributed by atoms with Crippen LogP contribution in [0.15, 0.2) is 212 Å². The van der Waals surface area contributed by atoms with Gasteiger partial charge in [-0.2, -0.15) is 0 Å². The molecule has 3 nitrogen and oxygen atoms in total. The molecule has 0 saturated carbocycles. The Morgan fingerprint density at radius 1 is 0.298 bits per heavy atom. The molecule has 0 aliphatic heterocycles. The van der Waals surface area contributed by atoms with Crippen LogP contribution >= 0.6 is 0 Å². The first-order valence-electron chi connectivity index (χ1n) is 23.4. The summed E-state index contributed by atoms with van der Waals surface area (Å²) in [6, 6.07) is 49.8. The van der Waals surface area contributed by atoms with Gasteiger partial charge in [0.1, 0.15) is 0 Å². The average molecular weight is 735 g/mol. The Bertz CT molecular complexity index is 4150. The Balaban J connectivity index is 1.25. The van der Waals surface area contributed by atoms with Crippen molar-refractivity contribution in [1.29, 1.82) is 0 Å². The summed E-state index contributed by atoms with van der Waals surface area (Å²) in [6.07, 6.45) is 0. The molecule has 0 spiro atoms. The van der Waals surface area contributed by atoms with Gasteiger partial charge >= 0.3 is 0 Å². The van der Waals surface area contributed by atoms with Crippen molar-refractivity contribution < 1.29 is 12.3 Å². The van der Waals surface area contributed by atoms with E-state index >= 15 is 0 Å². The second-order valence-electron chi connectivity index (χ2n) is 14.4. The van der Waals surface area contributed by atoms with E-state index in [1.165, 1.54) is 0 Å². The maximum absolute atomic E-state index is 9.27. The number of aromatic nitrogens is 3. The number of para-hydroxylation sites is 2. The number of nitrogens with zero attached hydrogens (tertiary/aromatic N) is 3. The molecule has 12 rings (SSSR count). The minimum Gasteiger partial charge on any atom is -0.310 e. The van der Waals surface area contributed by atoms with Gasteiger partial charge in [-0.15, -0.1) is 0 Å². The highest BCUT2D eigenvalue weighted by Gasteiger charge is 2.16. The van der Waals surface area contributed by atoms with Crippen LogP contribution in [0.5, 0.6) is 0 Å². The van der Waals surface area contributed by atoms with Gasteiger partial charge in [-0.1, -0.05) is 127 Å². The minimum atomic E-state index is -0.455. The zero-order valence-electron chi connectivity index (χ0n) is 39.4. The van der Waals surface area contributed by atoms with Crippen molar-refractivity contribution in [2.45, 2.75) is 0 Å². The summed E-state index contributed by atoms with van der Waals surface area (Å²) in [4.78, 5) is 0. The topological polar surface area (TPSA) is 14.8 Å². The number of rotatable bonds is 3. The highest BCUT2D eigenvalue weighted by Crippen LogP contribution is 2.37. The number of hydrogen-bond acceptors (Lipinski definition) is 0. The highest BCUT2D eigenvalue weighted by molar-refractivity contribution is 6.12. The summed E-state index contributed by atoms with van der Waals surface area (Å²) in [5, 5.41) is 8.59. The molecule has 266 valence electrons. The van der Waals surface area contributed by atoms with E-state index in [1.807, 2.05) is 114 Å². The molecule has 0 aliphatic rings. The SMILES string of the molecule is [2H]c1c([2H])c([2H])c(-n2c3cccc(c3)c3cccc(c3)n(-c3ccc4c5c([2H])c([2H])c([2H])c([2H])c5n(-c5cccc6ccccc56)c4c3)c3ccc4ccc5ccc2cc5c4c3)c([2H])c1[2H]. The number of fused-ring (bicyclic) bond motifs is 11. The van der Waals surface area contributed by atoms with E-state index < -0.39 is 18.1 Å². The third kappa shape index (κ3) is 4.99. The van der Waals surface area contributed by atoms with E-state index in [0.717, 1.165) is 71.0 Å². The summed E-state index contributed by atoms with van der Waals surface area (Å²) in [5.74, 6) is 0. The molecule has 0 unspecified atom stereocenters. The van der Waals surface area contributed by atoms with Gasteiger partial charge in [0.2, 0.25) is 0 Å². The molecule has 12 aromatic rings. The first-order chi connectivity index (χ1) is 32.0.